The van der Waals surface area contributed by atoms with Crippen LogP contribution in [-0.4, -0.2) is 22.7 Å². The van der Waals surface area contributed by atoms with Crippen LogP contribution in [0.3, 0.4) is 0 Å². The maximum absolute atomic E-state index is 13.1. The van der Waals surface area contributed by atoms with Crippen molar-refractivity contribution in [3.8, 4) is 11.5 Å². The lowest BCUT2D eigenvalue weighted by Gasteiger charge is -2.14. The standard InChI is InChI=1S/C22H18BrFN4O6/c1-2-33-21-10-15(9-18(23)22(21)34-13-14-3-5-16(24)6-4-14)12-25-26-19-8-7-17(27(29)30)11-20(19)28(31)32/h3-12,26H,2,13H2,1H3/b25-12-. The molecule has 10 nitrogen and oxygen atoms in total. The first-order chi connectivity index (χ1) is 16.3. The van der Waals surface area contributed by atoms with E-state index in [1.807, 2.05) is 6.92 Å². The van der Waals surface area contributed by atoms with E-state index in [1.165, 1.54) is 24.4 Å². The number of non-ortho nitro benzene ring substituents is 1. The van der Waals surface area contributed by atoms with Gasteiger partial charge in [-0.3, -0.25) is 25.7 Å². The highest BCUT2D eigenvalue weighted by molar-refractivity contribution is 9.10. The molecule has 3 aromatic rings. The summed E-state index contributed by atoms with van der Waals surface area (Å²) in [6, 6.07) is 12.5. The molecule has 0 radical (unpaired) electrons. The summed E-state index contributed by atoms with van der Waals surface area (Å²) in [6.07, 6.45) is 1.40. The number of nitro benzene ring substituents is 2. The van der Waals surface area contributed by atoms with Crippen LogP contribution >= 0.6 is 15.9 Å². The molecule has 0 saturated heterocycles. The molecule has 12 heteroatoms. The highest BCUT2D eigenvalue weighted by Gasteiger charge is 2.19. The number of rotatable bonds is 10. The van der Waals surface area contributed by atoms with Gasteiger partial charge in [-0.1, -0.05) is 12.1 Å². The number of nitro groups is 2. The third-order valence-corrected chi connectivity index (χ3v) is 5.00. The molecule has 0 aliphatic heterocycles. The number of halogens is 2. The van der Waals surface area contributed by atoms with Crippen molar-refractivity contribution in [2.75, 3.05) is 12.0 Å². The molecular weight excluding hydrogens is 515 g/mol. The van der Waals surface area contributed by atoms with Gasteiger partial charge in [0, 0.05) is 6.07 Å². The molecule has 176 valence electrons. The number of nitrogens with one attached hydrogen (secondary N) is 1. The zero-order chi connectivity index (χ0) is 24.7. The average molecular weight is 533 g/mol. The zero-order valence-corrected chi connectivity index (χ0v) is 19.3. The van der Waals surface area contributed by atoms with E-state index in [2.05, 4.69) is 26.5 Å². The summed E-state index contributed by atoms with van der Waals surface area (Å²) in [5, 5.41) is 26.1. The lowest BCUT2D eigenvalue weighted by atomic mass is 10.2. The number of hydrazone groups is 1. The lowest BCUT2D eigenvalue weighted by Crippen LogP contribution is -2.02. The highest BCUT2D eigenvalue weighted by Crippen LogP contribution is 2.37. The monoisotopic (exact) mass is 532 g/mol. The molecule has 0 unspecified atom stereocenters. The average Bonchev–Trinajstić information content (AvgIpc) is 2.80. The first-order valence-corrected chi connectivity index (χ1v) is 10.6. The van der Waals surface area contributed by atoms with Gasteiger partial charge >= 0.3 is 5.69 Å². The van der Waals surface area contributed by atoms with Crippen LogP contribution in [0.1, 0.15) is 18.1 Å². The number of nitrogens with zero attached hydrogens (tertiary/aromatic N) is 3. The molecule has 0 aliphatic rings. The Morgan fingerprint density at radius 3 is 2.44 bits per heavy atom. The van der Waals surface area contributed by atoms with Gasteiger partial charge in [0.2, 0.25) is 0 Å². The molecule has 0 spiro atoms. The van der Waals surface area contributed by atoms with Crippen molar-refractivity contribution in [1.29, 1.82) is 0 Å². The summed E-state index contributed by atoms with van der Waals surface area (Å²) in [5.41, 5.74) is 3.01. The predicted octanol–water partition coefficient (Wildman–Crippen LogP) is 5.83. The fraction of sp³-hybridized carbons (Fsp3) is 0.136. The summed E-state index contributed by atoms with van der Waals surface area (Å²) < 4.78 is 25.2. The van der Waals surface area contributed by atoms with Gasteiger partial charge in [0.1, 0.15) is 18.1 Å². The highest BCUT2D eigenvalue weighted by atomic mass is 79.9. The summed E-state index contributed by atoms with van der Waals surface area (Å²) >= 11 is 3.44. The molecule has 0 saturated carbocycles. The second kappa shape index (κ2) is 11.2. The third-order valence-electron chi connectivity index (χ3n) is 4.42. The van der Waals surface area contributed by atoms with Crippen LogP contribution in [0.2, 0.25) is 0 Å². The van der Waals surface area contributed by atoms with E-state index >= 15 is 0 Å². The van der Waals surface area contributed by atoms with Gasteiger partial charge in [-0.05, 0) is 64.3 Å². The summed E-state index contributed by atoms with van der Waals surface area (Å²) in [4.78, 5) is 20.7. The second-order valence-corrected chi connectivity index (χ2v) is 7.62. The van der Waals surface area contributed by atoms with E-state index in [9.17, 15) is 24.6 Å². The third kappa shape index (κ3) is 6.25. The van der Waals surface area contributed by atoms with E-state index < -0.39 is 21.2 Å². The second-order valence-electron chi connectivity index (χ2n) is 6.76. The van der Waals surface area contributed by atoms with Crippen LogP contribution in [-0.2, 0) is 6.61 Å². The number of hydrogen-bond acceptors (Lipinski definition) is 8. The van der Waals surface area contributed by atoms with Gasteiger partial charge < -0.3 is 9.47 Å². The minimum Gasteiger partial charge on any atom is -0.490 e. The van der Waals surface area contributed by atoms with Crippen LogP contribution in [0.15, 0.2) is 64.2 Å². The summed E-state index contributed by atoms with van der Waals surface area (Å²) in [7, 11) is 0. The van der Waals surface area contributed by atoms with Crippen molar-refractivity contribution >= 4 is 39.2 Å². The van der Waals surface area contributed by atoms with Gasteiger partial charge in [-0.25, -0.2) is 4.39 Å². The van der Waals surface area contributed by atoms with Gasteiger partial charge in [0.15, 0.2) is 11.5 Å². The van der Waals surface area contributed by atoms with Gasteiger partial charge in [-0.2, -0.15) is 5.10 Å². The van der Waals surface area contributed by atoms with Crippen LogP contribution < -0.4 is 14.9 Å². The number of benzene rings is 3. The minimum atomic E-state index is -0.734. The molecule has 0 amide bonds. The topological polar surface area (TPSA) is 129 Å². The van der Waals surface area contributed by atoms with Crippen LogP contribution in [0.4, 0.5) is 21.5 Å². The molecule has 0 atom stereocenters. The van der Waals surface area contributed by atoms with Crippen LogP contribution in [0.5, 0.6) is 11.5 Å². The largest absolute Gasteiger partial charge is 0.490 e. The first kappa shape index (κ1) is 24.6. The Morgan fingerprint density at radius 1 is 1.06 bits per heavy atom. The Labute approximate surface area is 201 Å². The van der Waals surface area contributed by atoms with Gasteiger partial charge in [0.25, 0.3) is 5.69 Å². The smallest absolute Gasteiger partial charge is 0.301 e. The Morgan fingerprint density at radius 2 is 1.79 bits per heavy atom. The molecule has 0 aliphatic carbocycles. The van der Waals surface area contributed by atoms with E-state index in [4.69, 9.17) is 9.47 Å². The van der Waals surface area contributed by atoms with Crippen molar-refractivity contribution in [2.24, 2.45) is 5.10 Å². The predicted molar refractivity (Wildman–Crippen MR) is 127 cm³/mol. The molecule has 1 N–H and O–H groups in total. The van der Waals surface area contributed by atoms with Crippen molar-refractivity contribution in [2.45, 2.75) is 13.5 Å². The zero-order valence-electron chi connectivity index (χ0n) is 17.7. The molecule has 3 rings (SSSR count). The number of hydrogen-bond donors (Lipinski definition) is 1. The van der Waals surface area contributed by atoms with Crippen molar-refractivity contribution in [3.05, 3.63) is 96.2 Å². The fourth-order valence-electron chi connectivity index (χ4n) is 2.86. The summed E-state index contributed by atoms with van der Waals surface area (Å²) in [6.45, 7) is 2.37. The van der Waals surface area contributed by atoms with Crippen LogP contribution in [0.25, 0.3) is 0 Å². The van der Waals surface area contributed by atoms with E-state index in [0.29, 0.717) is 28.1 Å². The molecular formula is C22H18BrFN4O6. The maximum atomic E-state index is 13.1. The Kier molecular flexibility index (Phi) is 8.09. The Balaban J connectivity index is 1.79. The van der Waals surface area contributed by atoms with Gasteiger partial charge in [0.05, 0.1) is 33.2 Å². The first-order valence-electron chi connectivity index (χ1n) is 9.84. The number of anilines is 1. The maximum Gasteiger partial charge on any atom is 0.301 e. The number of ether oxygens (including phenoxy) is 2. The molecule has 0 aromatic heterocycles. The molecule has 0 bridgehead atoms. The Bertz CT molecular complexity index is 1240. The molecule has 0 fully saturated rings. The van der Waals surface area contributed by atoms with Crippen LogP contribution in [0, 0.1) is 26.0 Å². The van der Waals surface area contributed by atoms with E-state index in [-0.39, 0.29) is 18.1 Å². The normalized spacial score (nSPS) is 10.8. The Hall–Kier alpha value is -4.06. The molecule has 0 heterocycles. The quantitative estimate of drug-likeness (QED) is 0.197. The van der Waals surface area contributed by atoms with Crippen molar-refractivity contribution in [3.63, 3.8) is 0 Å². The molecule has 3 aromatic carbocycles. The minimum absolute atomic E-state index is 0.00445. The van der Waals surface area contributed by atoms with Crippen molar-refractivity contribution < 1.29 is 23.7 Å². The molecule has 34 heavy (non-hydrogen) atoms. The fourth-order valence-corrected chi connectivity index (χ4v) is 3.43. The van der Waals surface area contributed by atoms with E-state index in [1.54, 1.807) is 24.3 Å². The van der Waals surface area contributed by atoms with E-state index in [0.717, 1.165) is 17.7 Å². The van der Waals surface area contributed by atoms with Crippen molar-refractivity contribution in [1.82, 2.24) is 0 Å². The summed E-state index contributed by atoms with van der Waals surface area (Å²) in [5.74, 6) is 0.542. The lowest BCUT2D eigenvalue weighted by molar-refractivity contribution is -0.393. The SMILES string of the molecule is CCOc1cc(/C=N\Nc2ccc([N+](=O)[O-])cc2[N+](=O)[O-])cc(Br)c1OCc1ccc(F)cc1. The van der Waals surface area contributed by atoms with Gasteiger partial charge in [-0.15, -0.1) is 0 Å².